The highest BCUT2D eigenvalue weighted by molar-refractivity contribution is 5.70. The summed E-state index contributed by atoms with van der Waals surface area (Å²) in [6, 6.07) is 7.97. The number of ether oxygens (including phenoxy) is 2. The van der Waals surface area contributed by atoms with E-state index in [0.29, 0.717) is 38.9 Å². The largest absolute Gasteiger partial charge is 0.466 e. The lowest BCUT2D eigenvalue weighted by Crippen LogP contribution is -2.09. The second-order valence-corrected chi connectivity index (χ2v) is 6.62. The monoisotopic (exact) mass is 362 g/mol. The lowest BCUT2D eigenvalue weighted by atomic mass is 9.99. The molecule has 4 heteroatoms. The number of aryl methyl sites for hydroxylation is 2. The number of esters is 2. The van der Waals surface area contributed by atoms with Crippen LogP contribution in [0.1, 0.15) is 76.3 Å². The summed E-state index contributed by atoms with van der Waals surface area (Å²) in [5, 5.41) is 0. The van der Waals surface area contributed by atoms with Gasteiger partial charge in [-0.1, -0.05) is 63.8 Å². The average molecular weight is 363 g/mol. The summed E-state index contributed by atoms with van der Waals surface area (Å²) in [6.07, 6.45) is 8.32. The molecule has 0 aliphatic heterocycles. The van der Waals surface area contributed by atoms with Gasteiger partial charge < -0.3 is 9.47 Å². The van der Waals surface area contributed by atoms with E-state index in [1.807, 2.05) is 24.3 Å². The van der Waals surface area contributed by atoms with E-state index in [1.54, 1.807) is 0 Å². The Labute approximate surface area is 158 Å². The van der Waals surface area contributed by atoms with Crippen LogP contribution in [0.2, 0.25) is 0 Å². The molecule has 1 aromatic carbocycles. The van der Waals surface area contributed by atoms with E-state index in [4.69, 9.17) is 9.47 Å². The molecule has 0 aromatic heterocycles. The highest BCUT2D eigenvalue weighted by Crippen LogP contribution is 2.14. The van der Waals surface area contributed by atoms with Gasteiger partial charge in [-0.2, -0.15) is 0 Å². The Balaban J connectivity index is 2.35. The van der Waals surface area contributed by atoms with Gasteiger partial charge in [0.1, 0.15) is 0 Å². The number of hydrogen-bond donors (Lipinski definition) is 0. The molecule has 0 N–H and O–H groups in total. The van der Waals surface area contributed by atoms with Crippen molar-refractivity contribution >= 4 is 11.9 Å². The van der Waals surface area contributed by atoms with Crippen LogP contribution in [0.25, 0.3) is 0 Å². The molecule has 0 saturated heterocycles. The molecule has 1 rings (SSSR count). The van der Waals surface area contributed by atoms with Gasteiger partial charge >= 0.3 is 11.9 Å². The first kappa shape index (κ1) is 22.2. The Bertz CT molecular complexity index is 478. The number of carbonyl (C=O) groups excluding carboxylic acids is 2. The lowest BCUT2D eigenvalue weighted by Gasteiger charge is -2.10. The van der Waals surface area contributed by atoms with Crippen LogP contribution in [0.15, 0.2) is 24.3 Å². The number of rotatable bonds is 14. The molecule has 0 bridgehead atoms. The third-order valence-corrected chi connectivity index (χ3v) is 4.34. The van der Waals surface area contributed by atoms with Gasteiger partial charge in [-0.3, -0.25) is 9.59 Å². The molecule has 1 aromatic rings. The van der Waals surface area contributed by atoms with Crippen LogP contribution in [0.4, 0.5) is 0 Å². The van der Waals surface area contributed by atoms with Gasteiger partial charge in [-0.25, -0.2) is 0 Å². The third-order valence-electron chi connectivity index (χ3n) is 4.34. The molecule has 26 heavy (non-hydrogen) atoms. The summed E-state index contributed by atoms with van der Waals surface area (Å²) in [5.41, 5.74) is 2.22. The quantitative estimate of drug-likeness (QED) is 0.344. The van der Waals surface area contributed by atoms with E-state index >= 15 is 0 Å². The maximum Gasteiger partial charge on any atom is 0.306 e. The molecular weight excluding hydrogens is 328 g/mol. The Kier molecular flexibility index (Phi) is 12.2. The zero-order valence-electron chi connectivity index (χ0n) is 16.4. The van der Waals surface area contributed by atoms with Crippen molar-refractivity contribution in [1.82, 2.24) is 0 Å². The first-order valence-electron chi connectivity index (χ1n) is 10.0. The van der Waals surface area contributed by atoms with Gasteiger partial charge in [-0.15, -0.1) is 0 Å². The van der Waals surface area contributed by atoms with E-state index in [9.17, 15) is 9.59 Å². The zero-order valence-corrected chi connectivity index (χ0v) is 16.4. The van der Waals surface area contributed by atoms with Crippen molar-refractivity contribution in [2.75, 3.05) is 13.2 Å². The van der Waals surface area contributed by atoms with E-state index in [1.165, 1.54) is 0 Å². The van der Waals surface area contributed by atoms with Crippen LogP contribution in [0, 0.1) is 0 Å². The van der Waals surface area contributed by atoms with Gasteiger partial charge in [0.05, 0.1) is 13.2 Å². The van der Waals surface area contributed by atoms with Crippen LogP contribution in [-0.4, -0.2) is 25.2 Å². The normalized spacial score (nSPS) is 10.5. The molecule has 0 saturated carbocycles. The summed E-state index contributed by atoms with van der Waals surface area (Å²) in [4.78, 5) is 23.7. The van der Waals surface area contributed by atoms with Crippen LogP contribution in [0.3, 0.4) is 0 Å². The fourth-order valence-electron chi connectivity index (χ4n) is 2.74. The number of unbranched alkanes of at least 4 members (excludes halogenated alkanes) is 4. The minimum Gasteiger partial charge on any atom is -0.466 e. The Morgan fingerprint density at radius 2 is 1.15 bits per heavy atom. The summed E-state index contributed by atoms with van der Waals surface area (Å²) in [7, 11) is 0. The molecule has 0 unspecified atom stereocenters. The van der Waals surface area contributed by atoms with Gasteiger partial charge in [-0.05, 0) is 36.8 Å². The second kappa shape index (κ2) is 14.3. The van der Waals surface area contributed by atoms with Crippen molar-refractivity contribution in [3.05, 3.63) is 35.4 Å². The van der Waals surface area contributed by atoms with Gasteiger partial charge in [0.2, 0.25) is 0 Å². The molecular formula is C22H34O4. The molecule has 0 heterocycles. The van der Waals surface area contributed by atoms with Crippen molar-refractivity contribution in [2.45, 2.75) is 78.1 Å². The van der Waals surface area contributed by atoms with Crippen molar-refractivity contribution in [1.29, 1.82) is 0 Å². The maximum atomic E-state index is 11.8. The molecule has 146 valence electrons. The zero-order chi connectivity index (χ0) is 19.0. The predicted molar refractivity (Wildman–Crippen MR) is 104 cm³/mol. The highest BCUT2D eigenvalue weighted by atomic mass is 16.5. The average Bonchev–Trinajstić information content (AvgIpc) is 2.66. The standard InChI is InChI=1S/C22H34O4/c1-3-5-9-17-25-21(23)15-13-19-11-7-8-12-20(19)14-16-22(24)26-18-10-6-4-2/h7-8,11-12H,3-6,9-10,13-18H2,1-2H3. The summed E-state index contributed by atoms with van der Waals surface area (Å²) in [6.45, 7) is 5.27. The van der Waals surface area contributed by atoms with Crippen LogP contribution in [0.5, 0.6) is 0 Å². The fourth-order valence-corrected chi connectivity index (χ4v) is 2.74. The number of benzene rings is 1. The smallest absolute Gasteiger partial charge is 0.306 e. The Morgan fingerprint density at radius 1 is 0.731 bits per heavy atom. The van der Waals surface area contributed by atoms with Crippen molar-refractivity contribution < 1.29 is 19.1 Å². The predicted octanol–water partition coefficient (Wildman–Crippen LogP) is 5.02. The van der Waals surface area contributed by atoms with Crippen molar-refractivity contribution in [3.8, 4) is 0 Å². The van der Waals surface area contributed by atoms with E-state index in [0.717, 1.165) is 49.7 Å². The molecule has 0 fully saturated rings. The SMILES string of the molecule is CCCCCOC(=O)CCc1ccccc1CCC(=O)OCCCCC. The molecule has 4 nitrogen and oxygen atoms in total. The number of carbonyl (C=O) groups is 2. The van der Waals surface area contributed by atoms with Crippen molar-refractivity contribution in [2.24, 2.45) is 0 Å². The molecule has 0 aliphatic carbocycles. The Hall–Kier alpha value is -1.84. The highest BCUT2D eigenvalue weighted by Gasteiger charge is 2.09. The van der Waals surface area contributed by atoms with Crippen LogP contribution < -0.4 is 0 Å². The van der Waals surface area contributed by atoms with E-state index < -0.39 is 0 Å². The summed E-state index contributed by atoms with van der Waals surface area (Å²) in [5.74, 6) is -0.294. The topological polar surface area (TPSA) is 52.6 Å². The molecule has 0 atom stereocenters. The van der Waals surface area contributed by atoms with Crippen molar-refractivity contribution in [3.63, 3.8) is 0 Å². The van der Waals surface area contributed by atoms with Crippen LogP contribution in [-0.2, 0) is 31.9 Å². The minimum atomic E-state index is -0.147. The number of hydrogen-bond acceptors (Lipinski definition) is 4. The summed E-state index contributed by atoms with van der Waals surface area (Å²) >= 11 is 0. The van der Waals surface area contributed by atoms with Gasteiger partial charge in [0.15, 0.2) is 0 Å². The van der Waals surface area contributed by atoms with Gasteiger partial charge in [0.25, 0.3) is 0 Å². The fraction of sp³-hybridized carbons (Fsp3) is 0.636. The van der Waals surface area contributed by atoms with Crippen LogP contribution >= 0.6 is 0 Å². The third kappa shape index (κ3) is 10.2. The molecule has 0 radical (unpaired) electrons. The lowest BCUT2D eigenvalue weighted by molar-refractivity contribution is -0.144. The molecule has 0 aliphatic rings. The minimum absolute atomic E-state index is 0.147. The van der Waals surface area contributed by atoms with Gasteiger partial charge in [0, 0.05) is 12.8 Å². The second-order valence-electron chi connectivity index (χ2n) is 6.62. The van der Waals surface area contributed by atoms with E-state index in [2.05, 4.69) is 13.8 Å². The Morgan fingerprint density at radius 3 is 1.54 bits per heavy atom. The van der Waals surface area contributed by atoms with E-state index in [-0.39, 0.29) is 11.9 Å². The summed E-state index contributed by atoms with van der Waals surface area (Å²) < 4.78 is 10.5. The molecule has 0 amide bonds. The first-order valence-corrected chi connectivity index (χ1v) is 10.0. The molecule has 0 spiro atoms. The maximum absolute atomic E-state index is 11.8. The first-order chi connectivity index (χ1) is 12.7.